The summed E-state index contributed by atoms with van der Waals surface area (Å²) in [7, 11) is 0. The smallest absolute Gasteiger partial charge is 0.269 e. The molecule has 30 heavy (non-hydrogen) atoms. The predicted molar refractivity (Wildman–Crippen MR) is 112 cm³/mol. The van der Waals surface area contributed by atoms with Gasteiger partial charge in [0.15, 0.2) is 6.61 Å². The fraction of sp³-hybridized carbons (Fsp3) is 0.318. The van der Waals surface area contributed by atoms with Gasteiger partial charge in [0.2, 0.25) is 0 Å². The number of hydrogen-bond donors (Lipinski definition) is 3. The molecule has 0 saturated carbocycles. The van der Waals surface area contributed by atoms with Crippen molar-refractivity contribution in [2.24, 2.45) is 5.92 Å². The van der Waals surface area contributed by atoms with E-state index in [0.29, 0.717) is 23.7 Å². The number of para-hydroxylation sites is 1. The Bertz CT molecular complexity index is 838. The molecule has 0 unspecified atom stereocenters. The van der Waals surface area contributed by atoms with Gasteiger partial charge in [-0.2, -0.15) is 0 Å². The number of hydrogen-bond acceptors (Lipinski definition) is 5. The van der Waals surface area contributed by atoms with Crippen LogP contribution < -0.4 is 25.6 Å². The quantitative estimate of drug-likeness (QED) is 0.546. The molecule has 0 radical (unpaired) electrons. The first-order valence-corrected chi connectivity index (χ1v) is 9.71. The molecule has 2 aromatic rings. The zero-order chi connectivity index (χ0) is 21.9. The maximum absolute atomic E-state index is 12.5. The van der Waals surface area contributed by atoms with Crippen molar-refractivity contribution >= 4 is 17.7 Å². The van der Waals surface area contributed by atoms with E-state index in [2.05, 4.69) is 16.2 Å². The summed E-state index contributed by atoms with van der Waals surface area (Å²) in [6, 6.07) is 14.6. The van der Waals surface area contributed by atoms with Gasteiger partial charge in [-0.25, -0.2) is 0 Å². The first kappa shape index (κ1) is 22.7. The zero-order valence-electron chi connectivity index (χ0n) is 17.3. The van der Waals surface area contributed by atoms with Crippen LogP contribution in [0.25, 0.3) is 0 Å². The Morgan fingerprint density at radius 2 is 1.50 bits per heavy atom. The van der Waals surface area contributed by atoms with E-state index >= 15 is 0 Å². The van der Waals surface area contributed by atoms with Gasteiger partial charge in [-0.3, -0.25) is 25.2 Å². The van der Waals surface area contributed by atoms with E-state index in [1.807, 2.05) is 13.0 Å². The molecule has 0 saturated heterocycles. The molecular weight excluding hydrogens is 386 g/mol. The molecule has 8 nitrogen and oxygen atoms in total. The van der Waals surface area contributed by atoms with Crippen LogP contribution >= 0.6 is 0 Å². The summed E-state index contributed by atoms with van der Waals surface area (Å²) in [5, 5.41) is 2.63. The summed E-state index contributed by atoms with van der Waals surface area (Å²) < 4.78 is 10.7. The largest absolute Gasteiger partial charge is 0.494 e. The Hall–Kier alpha value is -3.55. The Kier molecular flexibility index (Phi) is 8.68. The standard InChI is InChI=1S/C22H27N3O5/c1-4-29-18-12-10-16(11-13-18)21(27)24-25-22(28)20(15(2)3)23-19(26)14-30-17-8-6-5-7-9-17/h5-13,15,20H,4,14H2,1-3H3,(H,23,26)(H,24,27)(H,25,28)/t20-/m0/s1. The van der Waals surface area contributed by atoms with Crippen LogP contribution in [-0.4, -0.2) is 37.0 Å². The third kappa shape index (κ3) is 7.12. The van der Waals surface area contributed by atoms with E-state index in [9.17, 15) is 14.4 Å². The highest BCUT2D eigenvalue weighted by Crippen LogP contribution is 2.12. The molecule has 0 heterocycles. The van der Waals surface area contributed by atoms with E-state index < -0.39 is 23.8 Å². The van der Waals surface area contributed by atoms with Crippen LogP contribution in [0.5, 0.6) is 11.5 Å². The molecule has 0 aliphatic carbocycles. The van der Waals surface area contributed by atoms with E-state index in [0.717, 1.165) is 0 Å². The average Bonchev–Trinajstić information content (AvgIpc) is 2.75. The highest BCUT2D eigenvalue weighted by molar-refractivity contribution is 5.96. The van der Waals surface area contributed by atoms with Gasteiger partial charge < -0.3 is 14.8 Å². The van der Waals surface area contributed by atoms with Crippen LogP contribution in [0.3, 0.4) is 0 Å². The highest BCUT2D eigenvalue weighted by Gasteiger charge is 2.24. The molecule has 1 atom stereocenters. The minimum Gasteiger partial charge on any atom is -0.494 e. The minimum absolute atomic E-state index is 0.201. The molecular formula is C22H27N3O5. The van der Waals surface area contributed by atoms with Crippen molar-refractivity contribution in [2.45, 2.75) is 26.8 Å². The number of ether oxygens (including phenoxy) is 2. The van der Waals surface area contributed by atoms with Gasteiger partial charge in [-0.15, -0.1) is 0 Å². The molecule has 0 aliphatic heterocycles. The van der Waals surface area contributed by atoms with E-state index in [-0.39, 0.29) is 12.5 Å². The molecule has 0 aliphatic rings. The summed E-state index contributed by atoms with van der Waals surface area (Å²) in [5.41, 5.74) is 5.07. The van der Waals surface area contributed by atoms with Crippen molar-refractivity contribution in [2.75, 3.05) is 13.2 Å². The van der Waals surface area contributed by atoms with Gasteiger partial charge in [-0.05, 0) is 49.2 Å². The zero-order valence-corrected chi connectivity index (χ0v) is 17.3. The molecule has 3 N–H and O–H groups in total. The Morgan fingerprint density at radius 3 is 2.10 bits per heavy atom. The van der Waals surface area contributed by atoms with Crippen molar-refractivity contribution in [3.05, 3.63) is 60.2 Å². The fourth-order valence-electron chi connectivity index (χ4n) is 2.55. The fourth-order valence-corrected chi connectivity index (χ4v) is 2.55. The molecule has 8 heteroatoms. The number of hydrazine groups is 1. The number of rotatable bonds is 9. The third-order valence-electron chi connectivity index (χ3n) is 4.11. The van der Waals surface area contributed by atoms with Gasteiger partial charge in [-0.1, -0.05) is 32.0 Å². The average molecular weight is 413 g/mol. The van der Waals surface area contributed by atoms with Gasteiger partial charge in [0, 0.05) is 5.56 Å². The SMILES string of the molecule is CCOc1ccc(C(=O)NNC(=O)[C@@H](NC(=O)COc2ccccc2)C(C)C)cc1. The lowest BCUT2D eigenvalue weighted by Gasteiger charge is -2.22. The number of carbonyl (C=O) groups excluding carboxylic acids is 3. The second kappa shape index (κ2) is 11.5. The molecule has 0 bridgehead atoms. The molecule has 3 amide bonds. The van der Waals surface area contributed by atoms with Gasteiger partial charge in [0.25, 0.3) is 17.7 Å². The molecule has 0 fully saturated rings. The van der Waals surface area contributed by atoms with E-state index in [1.54, 1.807) is 62.4 Å². The molecule has 2 aromatic carbocycles. The number of nitrogens with one attached hydrogen (secondary N) is 3. The van der Waals surface area contributed by atoms with Crippen molar-refractivity contribution in [3.63, 3.8) is 0 Å². The minimum atomic E-state index is -0.836. The Morgan fingerprint density at radius 1 is 0.867 bits per heavy atom. The molecule has 0 spiro atoms. The summed E-state index contributed by atoms with van der Waals surface area (Å²) in [6.07, 6.45) is 0. The molecule has 2 rings (SSSR count). The lowest BCUT2D eigenvalue weighted by molar-refractivity contribution is -0.131. The Balaban J connectivity index is 1.85. The third-order valence-corrected chi connectivity index (χ3v) is 4.11. The summed E-state index contributed by atoms with van der Waals surface area (Å²) in [6.45, 7) is 5.75. The maximum atomic E-state index is 12.5. The van der Waals surface area contributed by atoms with Crippen LogP contribution in [0, 0.1) is 5.92 Å². The van der Waals surface area contributed by atoms with Crippen LogP contribution in [0.4, 0.5) is 0 Å². The van der Waals surface area contributed by atoms with Crippen LogP contribution in [-0.2, 0) is 9.59 Å². The normalized spacial score (nSPS) is 11.3. The van der Waals surface area contributed by atoms with Crippen LogP contribution in [0.1, 0.15) is 31.1 Å². The molecule has 0 aromatic heterocycles. The summed E-state index contributed by atoms with van der Waals surface area (Å²) >= 11 is 0. The van der Waals surface area contributed by atoms with Gasteiger partial charge in [0.1, 0.15) is 17.5 Å². The molecule has 160 valence electrons. The first-order valence-electron chi connectivity index (χ1n) is 9.71. The van der Waals surface area contributed by atoms with Crippen molar-refractivity contribution in [1.82, 2.24) is 16.2 Å². The van der Waals surface area contributed by atoms with Crippen molar-refractivity contribution in [1.29, 1.82) is 0 Å². The lowest BCUT2D eigenvalue weighted by atomic mass is 10.0. The number of benzene rings is 2. The summed E-state index contributed by atoms with van der Waals surface area (Å²) in [4.78, 5) is 36.9. The summed E-state index contributed by atoms with van der Waals surface area (Å²) in [5.74, 6) is -0.442. The first-order chi connectivity index (χ1) is 14.4. The monoisotopic (exact) mass is 413 g/mol. The second-order valence-electron chi connectivity index (χ2n) is 6.79. The van der Waals surface area contributed by atoms with Crippen LogP contribution in [0.2, 0.25) is 0 Å². The van der Waals surface area contributed by atoms with Crippen molar-refractivity contribution in [3.8, 4) is 11.5 Å². The van der Waals surface area contributed by atoms with Crippen molar-refractivity contribution < 1.29 is 23.9 Å². The van der Waals surface area contributed by atoms with E-state index in [1.165, 1.54) is 0 Å². The lowest BCUT2D eigenvalue weighted by Crippen LogP contribution is -2.55. The number of carbonyl (C=O) groups is 3. The maximum Gasteiger partial charge on any atom is 0.269 e. The highest BCUT2D eigenvalue weighted by atomic mass is 16.5. The number of amides is 3. The Labute approximate surface area is 175 Å². The van der Waals surface area contributed by atoms with Gasteiger partial charge >= 0.3 is 0 Å². The second-order valence-corrected chi connectivity index (χ2v) is 6.79. The topological polar surface area (TPSA) is 106 Å². The van der Waals surface area contributed by atoms with E-state index in [4.69, 9.17) is 9.47 Å². The van der Waals surface area contributed by atoms with Crippen LogP contribution in [0.15, 0.2) is 54.6 Å². The predicted octanol–water partition coefficient (Wildman–Crippen LogP) is 2.07. The van der Waals surface area contributed by atoms with Gasteiger partial charge in [0.05, 0.1) is 6.61 Å².